The van der Waals surface area contributed by atoms with Crippen molar-refractivity contribution >= 4 is 38.7 Å². The number of hydrogen-bond donors (Lipinski definition) is 1. The van der Waals surface area contributed by atoms with Gasteiger partial charge in [0.2, 0.25) is 0 Å². The van der Waals surface area contributed by atoms with Crippen molar-refractivity contribution in [3.8, 4) is 11.8 Å². The van der Waals surface area contributed by atoms with Gasteiger partial charge in [0, 0.05) is 16.1 Å². The molecule has 4 rings (SSSR count). The molecule has 0 aliphatic heterocycles. The Hall–Kier alpha value is -3.10. The van der Waals surface area contributed by atoms with Crippen molar-refractivity contribution in [1.29, 1.82) is 5.26 Å². The minimum atomic E-state index is -0.314. The molecule has 1 aliphatic rings. The summed E-state index contributed by atoms with van der Waals surface area (Å²) < 4.78 is 7.16. The number of carbonyl (C=O) groups is 1. The van der Waals surface area contributed by atoms with Gasteiger partial charge in [0.25, 0.3) is 5.91 Å². The SMILES string of the molecule is N#C/C(=C/c1c(OCc2ccc(Br)cc2)ccc2ccccc12)C(=O)NC1CCCCC1. The van der Waals surface area contributed by atoms with Gasteiger partial charge in [-0.15, -0.1) is 0 Å². The standard InChI is InChI=1S/C27H25BrN2O2/c28-22-13-10-19(11-14-22)18-32-26-15-12-20-6-4-5-9-24(20)25(26)16-21(17-29)27(31)30-23-7-2-1-3-8-23/h4-6,9-16,23H,1-3,7-8,18H2,(H,30,31)/b21-16-. The lowest BCUT2D eigenvalue weighted by Crippen LogP contribution is -2.36. The zero-order valence-electron chi connectivity index (χ0n) is 17.8. The van der Waals surface area contributed by atoms with E-state index in [-0.39, 0.29) is 17.5 Å². The van der Waals surface area contributed by atoms with E-state index in [1.807, 2.05) is 60.7 Å². The Balaban J connectivity index is 1.65. The molecule has 0 atom stereocenters. The number of fused-ring (bicyclic) bond motifs is 1. The maximum Gasteiger partial charge on any atom is 0.262 e. The predicted molar refractivity (Wildman–Crippen MR) is 131 cm³/mol. The lowest BCUT2D eigenvalue weighted by molar-refractivity contribution is -0.117. The van der Waals surface area contributed by atoms with Crippen molar-refractivity contribution < 1.29 is 9.53 Å². The largest absolute Gasteiger partial charge is 0.488 e. The molecular formula is C27H25BrN2O2. The third-order valence-electron chi connectivity index (χ3n) is 5.83. The van der Waals surface area contributed by atoms with Gasteiger partial charge in [-0.3, -0.25) is 4.79 Å². The maximum absolute atomic E-state index is 12.9. The fourth-order valence-corrected chi connectivity index (χ4v) is 4.36. The van der Waals surface area contributed by atoms with Gasteiger partial charge < -0.3 is 10.1 Å². The number of nitrogens with zero attached hydrogens (tertiary/aromatic N) is 1. The number of hydrogen-bond acceptors (Lipinski definition) is 3. The lowest BCUT2D eigenvalue weighted by atomic mass is 9.95. The van der Waals surface area contributed by atoms with E-state index < -0.39 is 0 Å². The highest BCUT2D eigenvalue weighted by atomic mass is 79.9. The normalized spacial score (nSPS) is 14.7. The molecule has 5 heteroatoms. The molecule has 32 heavy (non-hydrogen) atoms. The smallest absolute Gasteiger partial charge is 0.262 e. The van der Waals surface area contributed by atoms with E-state index in [4.69, 9.17) is 4.74 Å². The number of nitriles is 1. The summed E-state index contributed by atoms with van der Waals surface area (Å²) in [6.45, 7) is 0.391. The molecular weight excluding hydrogens is 464 g/mol. The molecule has 0 unspecified atom stereocenters. The zero-order valence-corrected chi connectivity index (χ0v) is 19.4. The van der Waals surface area contributed by atoms with Crippen LogP contribution in [0.5, 0.6) is 5.75 Å². The molecule has 4 nitrogen and oxygen atoms in total. The zero-order chi connectivity index (χ0) is 22.3. The third-order valence-corrected chi connectivity index (χ3v) is 6.36. The first-order chi connectivity index (χ1) is 15.6. The van der Waals surface area contributed by atoms with E-state index in [2.05, 4.69) is 27.3 Å². The molecule has 162 valence electrons. The molecule has 0 saturated heterocycles. The van der Waals surface area contributed by atoms with E-state index in [0.29, 0.717) is 12.4 Å². The molecule has 0 aromatic heterocycles. The number of ether oxygens (including phenoxy) is 1. The van der Waals surface area contributed by atoms with E-state index in [1.165, 1.54) is 6.42 Å². The Morgan fingerprint density at radius 3 is 2.56 bits per heavy atom. The van der Waals surface area contributed by atoms with Crippen LogP contribution in [-0.4, -0.2) is 11.9 Å². The summed E-state index contributed by atoms with van der Waals surface area (Å²) in [4.78, 5) is 12.9. The van der Waals surface area contributed by atoms with Crippen LogP contribution in [0.3, 0.4) is 0 Å². The fourth-order valence-electron chi connectivity index (χ4n) is 4.10. The summed E-state index contributed by atoms with van der Waals surface area (Å²) in [6, 6.07) is 22.0. The second-order valence-corrected chi connectivity index (χ2v) is 9.01. The highest BCUT2D eigenvalue weighted by molar-refractivity contribution is 9.10. The Morgan fingerprint density at radius 1 is 1.06 bits per heavy atom. The van der Waals surface area contributed by atoms with Crippen LogP contribution in [0, 0.1) is 11.3 Å². The van der Waals surface area contributed by atoms with Gasteiger partial charge in [0.15, 0.2) is 0 Å². The molecule has 0 bridgehead atoms. The molecule has 0 heterocycles. The van der Waals surface area contributed by atoms with E-state index in [0.717, 1.165) is 52.1 Å². The van der Waals surface area contributed by atoms with Crippen LogP contribution >= 0.6 is 15.9 Å². The Labute approximate surface area is 197 Å². The van der Waals surface area contributed by atoms with Crippen LogP contribution in [0.4, 0.5) is 0 Å². The molecule has 1 N–H and O–H groups in total. The topological polar surface area (TPSA) is 62.1 Å². The van der Waals surface area contributed by atoms with Gasteiger partial charge in [0.05, 0.1) is 0 Å². The van der Waals surface area contributed by atoms with Gasteiger partial charge in [-0.1, -0.05) is 77.7 Å². The number of nitrogens with one attached hydrogen (secondary N) is 1. The number of amides is 1. The molecule has 0 spiro atoms. The molecule has 1 fully saturated rings. The highest BCUT2D eigenvalue weighted by Crippen LogP contribution is 2.31. The highest BCUT2D eigenvalue weighted by Gasteiger charge is 2.19. The van der Waals surface area contributed by atoms with Crippen molar-refractivity contribution in [2.45, 2.75) is 44.8 Å². The summed E-state index contributed by atoms with van der Waals surface area (Å²) in [5, 5.41) is 14.8. The van der Waals surface area contributed by atoms with Crippen molar-refractivity contribution in [3.63, 3.8) is 0 Å². The van der Waals surface area contributed by atoms with Crippen LogP contribution in [0.15, 0.2) is 70.7 Å². The number of halogens is 1. The minimum absolute atomic E-state index is 0.0976. The van der Waals surface area contributed by atoms with Crippen LogP contribution < -0.4 is 10.1 Å². The van der Waals surface area contributed by atoms with Crippen LogP contribution in [-0.2, 0) is 11.4 Å². The summed E-state index contributed by atoms with van der Waals surface area (Å²) in [5.74, 6) is 0.330. The fraction of sp³-hybridized carbons (Fsp3) is 0.259. The van der Waals surface area contributed by atoms with Gasteiger partial charge >= 0.3 is 0 Å². The average molecular weight is 489 g/mol. The second kappa shape index (κ2) is 10.5. The number of benzene rings is 3. The lowest BCUT2D eigenvalue weighted by Gasteiger charge is -2.22. The summed E-state index contributed by atoms with van der Waals surface area (Å²) in [7, 11) is 0. The Morgan fingerprint density at radius 2 is 1.81 bits per heavy atom. The Bertz CT molecular complexity index is 1170. The van der Waals surface area contributed by atoms with E-state index in [9.17, 15) is 10.1 Å². The van der Waals surface area contributed by atoms with E-state index >= 15 is 0 Å². The quantitative estimate of drug-likeness (QED) is 0.316. The van der Waals surface area contributed by atoms with Crippen LogP contribution in [0.2, 0.25) is 0 Å². The predicted octanol–water partition coefficient (Wildman–Crippen LogP) is 6.54. The van der Waals surface area contributed by atoms with Crippen molar-refractivity contribution in [2.75, 3.05) is 0 Å². The average Bonchev–Trinajstić information content (AvgIpc) is 2.83. The van der Waals surface area contributed by atoms with Crippen LogP contribution in [0.1, 0.15) is 43.2 Å². The van der Waals surface area contributed by atoms with Gasteiger partial charge in [-0.2, -0.15) is 5.26 Å². The molecule has 1 aliphatic carbocycles. The molecule has 0 radical (unpaired) electrons. The van der Waals surface area contributed by atoms with Crippen LogP contribution in [0.25, 0.3) is 16.8 Å². The second-order valence-electron chi connectivity index (χ2n) is 8.09. The van der Waals surface area contributed by atoms with Crippen molar-refractivity contribution in [1.82, 2.24) is 5.32 Å². The Kier molecular flexibility index (Phi) is 7.24. The molecule has 1 saturated carbocycles. The van der Waals surface area contributed by atoms with Gasteiger partial charge in [0.1, 0.15) is 24.0 Å². The minimum Gasteiger partial charge on any atom is -0.488 e. The van der Waals surface area contributed by atoms with E-state index in [1.54, 1.807) is 6.08 Å². The maximum atomic E-state index is 12.9. The van der Waals surface area contributed by atoms with Crippen molar-refractivity contribution in [3.05, 3.63) is 81.8 Å². The van der Waals surface area contributed by atoms with Crippen molar-refractivity contribution in [2.24, 2.45) is 0 Å². The number of rotatable bonds is 6. The summed E-state index contributed by atoms with van der Waals surface area (Å²) >= 11 is 3.45. The third kappa shape index (κ3) is 5.38. The molecule has 1 amide bonds. The summed E-state index contributed by atoms with van der Waals surface area (Å²) in [5.41, 5.74) is 1.88. The first kappa shape index (κ1) is 22.1. The summed E-state index contributed by atoms with van der Waals surface area (Å²) in [6.07, 6.45) is 7.06. The monoisotopic (exact) mass is 488 g/mol. The van der Waals surface area contributed by atoms with Gasteiger partial charge in [-0.05, 0) is 53.5 Å². The molecule has 3 aromatic rings. The number of carbonyl (C=O) groups excluding carboxylic acids is 1. The van der Waals surface area contributed by atoms with Gasteiger partial charge in [-0.25, -0.2) is 0 Å². The first-order valence-electron chi connectivity index (χ1n) is 11.0. The molecule has 3 aromatic carbocycles. The first-order valence-corrected chi connectivity index (χ1v) is 11.7.